The van der Waals surface area contributed by atoms with E-state index in [1.54, 1.807) is 13.2 Å². The number of hydrogen-bond acceptors (Lipinski definition) is 6. The Bertz CT molecular complexity index is 1390. The number of Topliss-reactive ketones (excluding diaryl/α,β-unsaturated/α-hetero) is 1. The van der Waals surface area contributed by atoms with Gasteiger partial charge in [-0.15, -0.1) is 0 Å². The highest BCUT2D eigenvalue weighted by atomic mass is 16.5. The molecular formula is C32H39N5O4. The summed E-state index contributed by atoms with van der Waals surface area (Å²) < 4.78 is 5.42. The van der Waals surface area contributed by atoms with Crippen LogP contribution in [0.3, 0.4) is 0 Å². The first-order chi connectivity index (χ1) is 19.8. The lowest BCUT2D eigenvalue weighted by molar-refractivity contribution is -0.127. The van der Waals surface area contributed by atoms with Crippen molar-refractivity contribution < 1.29 is 19.1 Å². The van der Waals surface area contributed by atoms with Crippen LogP contribution in [0.25, 0.3) is 10.9 Å². The zero-order valence-corrected chi connectivity index (χ0v) is 23.9. The normalized spacial score (nSPS) is 17.0. The Morgan fingerprint density at radius 3 is 2.59 bits per heavy atom. The van der Waals surface area contributed by atoms with Gasteiger partial charge in [0.05, 0.1) is 24.9 Å². The number of benzene rings is 2. The smallest absolute Gasteiger partial charge is 0.223 e. The minimum atomic E-state index is -0.718. The maximum Gasteiger partial charge on any atom is 0.223 e. The number of rotatable bonds is 14. The van der Waals surface area contributed by atoms with Crippen LogP contribution >= 0.6 is 0 Å². The van der Waals surface area contributed by atoms with E-state index in [0.717, 1.165) is 16.5 Å². The summed E-state index contributed by atoms with van der Waals surface area (Å²) in [5, 5.41) is 20.1. The Morgan fingerprint density at radius 1 is 1.15 bits per heavy atom. The number of hydrogen-bond donors (Lipinski definition) is 4. The Hall–Kier alpha value is -4.16. The summed E-state index contributed by atoms with van der Waals surface area (Å²) in [6.45, 7) is 5.05. The van der Waals surface area contributed by atoms with Crippen molar-refractivity contribution in [3.8, 4) is 11.8 Å². The lowest BCUT2D eigenvalue weighted by Gasteiger charge is -2.28. The van der Waals surface area contributed by atoms with Crippen LogP contribution < -0.4 is 20.7 Å². The Morgan fingerprint density at radius 2 is 1.93 bits per heavy atom. The standard InChI is InChI=1S/C32H39N5O4/c1-20(2)14-23(16-29(38)27-17-24-25(36-27)10-7-11-30(24)41-3)32(40)37-26(15-22-12-13-34-31(22)39)28(18-33)35-19-21-8-5-4-6-9-21/h4-11,17,20,22-23,26,28,35-36H,12-16,19H2,1-3H3,(H,34,39)(H,37,40). The summed E-state index contributed by atoms with van der Waals surface area (Å²) in [4.78, 5) is 42.7. The molecular weight excluding hydrogens is 518 g/mol. The van der Waals surface area contributed by atoms with Crippen molar-refractivity contribution in [2.45, 2.75) is 58.2 Å². The molecule has 1 aliphatic heterocycles. The summed E-state index contributed by atoms with van der Waals surface area (Å²) in [7, 11) is 1.58. The van der Waals surface area contributed by atoms with Gasteiger partial charge in [0, 0.05) is 42.2 Å². The molecule has 41 heavy (non-hydrogen) atoms. The van der Waals surface area contributed by atoms with Crippen molar-refractivity contribution in [1.29, 1.82) is 5.26 Å². The zero-order chi connectivity index (χ0) is 29.4. The monoisotopic (exact) mass is 557 g/mol. The van der Waals surface area contributed by atoms with E-state index in [2.05, 4.69) is 27.0 Å². The average molecular weight is 558 g/mol. The second kappa shape index (κ2) is 14.0. The second-order valence-electron chi connectivity index (χ2n) is 11.2. The number of methoxy groups -OCH3 is 1. The van der Waals surface area contributed by atoms with Crippen molar-refractivity contribution in [3.05, 3.63) is 65.9 Å². The van der Waals surface area contributed by atoms with E-state index in [4.69, 9.17) is 4.74 Å². The fourth-order valence-corrected chi connectivity index (χ4v) is 5.50. The number of carbonyl (C=O) groups excluding carboxylic acids is 3. The Kier molecular flexibility index (Phi) is 10.1. The maximum atomic E-state index is 13.7. The summed E-state index contributed by atoms with van der Waals surface area (Å²) in [5.74, 6) is -0.569. The maximum absolute atomic E-state index is 13.7. The number of amides is 2. The van der Waals surface area contributed by atoms with Gasteiger partial charge in [0.15, 0.2) is 5.78 Å². The van der Waals surface area contributed by atoms with Gasteiger partial charge in [-0.1, -0.05) is 50.2 Å². The first-order valence-electron chi connectivity index (χ1n) is 14.2. The highest BCUT2D eigenvalue weighted by molar-refractivity contribution is 6.02. The molecule has 1 fully saturated rings. The van der Waals surface area contributed by atoms with E-state index in [1.807, 2.05) is 62.4 Å². The summed E-state index contributed by atoms with van der Waals surface area (Å²) in [6, 6.07) is 18.0. The molecule has 1 saturated heterocycles. The van der Waals surface area contributed by atoms with Crippen LogP contribution in [0.4, 0.5) is 0 Å². The highest BCUT2D eigenvalue weighted by Crippen LogP contribution is 2.28. The Balaban J connectivity index is 1.52. The molecule has 2 aromatic carbocycles. The molecule has 0 radical (unpaired) electrons. The molecule has 2 amide bonds. The average Bonchev–Trinajstić information content (AvgIpc) is 3.59. The van der Waals surface area contributed by atoms with Gasteiger partial charge >= 0.3 is 0 Å². The Labute approximate surface area is 241 Å². The van der Waals surface area contributed by atoms with E-state index >= 15 is 0 Å². The molecule has 4 atom stereocenters. The van der Waals surface area contributed by atoms with Gasteiger partial charge in [0.2, 0.25) is 11.8 Å². The van der Waals surface area contributed by atoms with Crippen LogP contribution in [0.2, 0.25) is 0 Å². The van der Waals surface area contributed by atoms with Gasteiger partial charge in [-0.05, 0) is 48.9 Å². The molecule has 216 valence electrons. The second-order valence-corrected chi connectivity index (χ2v) is 11.2. The van der Waals surface area contributed by atoms with Gasteiger partial charge < -0.3 is 20.4 Å². The number of aromatic nitrogens is 1. The van der Waals surface area contributed by atoms with Crippen LogP contribution in [-0.4, -0.2) is 48.3 Å². The zero-order valence-electron chi connectivity index (χ0n) is 23.9. The summed E-state index contributed by atoms with van der Waals surface area (Å²) in [6.07, 6.45) is 1.51. The quantitative estimate of drug-likeness (QED) is 0.220. The van der Waals surface area contributed by atoms with Crippen molar-refractivity contribution in [2.75, 3.05) is 13.7 Å². The number of aromatic amines is 1. The first kappa shape index (κ1) is 29.8. The molecule has 0 spiro atoms. The third kappa shape index (κ3) is 7.74. The molecule has 1 aliphatic rings. The molecule has 1 aromatic heterocycles. The van der Waals surface area contributed by atoms with Gasteiger partial charge in [0.25, 0.3) is 0 Å². The van der Waals surface area contributed by atoms with Crippen molar-refractivity contribution in [2.24, 2.45) is 17.8 Å². The molecule has 4 unspecified atom stereocenters. The van der Waals surface area contributed by atoms with Crippen LogP contribution in [-0.2, 0) is 16.1 Å². The van der Waals surface area contributed by atoms with Gasteiger partial charge in [-0.3, -0.25) is 19.7 Å². The minimum absolute atomic E-state index is 0.0183. The number of ether oxygens (including phenoxy) is 1. The number of nitrogens with zero attached hydrogens (tertiary/aromatic N) is 1. The number of ketones is 1. The van der Waals surface area contributed by atoms with Crippen LogP contribution in [0.5, 0.6) is 5.75 Å². The molecule has 2 heterocycles. The van der Waals surface area contributed by atoms with Crippen molar-refractivity contribution in [1.82, 2.24) is 20.9 Å². The predicted molar refractivity (Wildman–Crippen MR) is 157 cm³/mol. The van der Waals surface area contributed by atoms with E-state index in [1.165, 1.54) is 0 Å². The molecule has 0 aliphatic carbocycles. The van der Waals surface area contributed by atoms with E-state index in [9.17, 15) is 19.6 Å². The van der Waals surface area contributed by atoms with Crippen LogP contribution in [0.15, 0.2) is 54.6 Å². The lowest BCUT2D eigenvalue weighted by atomic mass is 9.89. The largest absolute Gasteiger partial charge is 0.496 e. The van der Waals surface area contributed by atoms with E-state index in [0.29, 0.717) is 43.8 Å². The molecule has 4 rings (SSSR count). The topological polar surface area (TPSA) is 136 Å². The fraction of sp³-hybridized carbons (Fsp3) is 0.438. The fourth-order valence-electron chi connectivity index (χ4n) is 5.50. The highest BCUT2D eigenvalue weighted by Gasteiger charge is 2.34. The van der Waals surface area contributed by atoms with Crippen LogP contribution in [0.1, 0.15) is 55.6 Å². The first-order valence-corrected chi connectivity index (χ1v) is 14.2. The number of carbonyl (C=O) groups is 3. The number of nitrogens with one attached hydrogen (secondary N) is 4. The SMILES string of the molecule is COc1cccc2[nH]c(C(=O)CC(CC(C)C)C(=O)NC(CC3CCNC3=O)C(C#N)NCc3ccccc3)cc12. The predicted octanol–water partition coefficient (Wildman–Crippen LogP) is 4.10. The van der Waals surface area contributed by atoms with E-state index in [-0.39, 0.29) is 35.9 Å². The number of nitriles is 1. The third-order valence-corrected chi connectivity index (χ3v) is 7.64. The van der Waals surface area contributed by atoms with Gasteiger partial charge in [-0.25, -0.2) is 0 Å². The van der Waals surface area contributed by atoms with E-state index < -0.39 is 18.0 Å². The third-order valence-electron chi connectivity index (χ3n) is 7.64. The number of H-pyrrole nitrogens is 1. The lowest BCUT2D eigenvalue weighted by Crippen LogP contribution is -2.52. The summed E-state index contributed by atoms with van der Waals surface area (Å²) in [5.41, 5.74) is 2.22. The molecule has 3 aromatic rings. The molecule has 0 saturated carbocycles. The molecule has 4 N–H and O–H groups in total. The molecule has 0 bridgehead atoms. The van der Waals surface area contributed by atoms with Crippen LogP contribution in [0, 0.1) is 29.1 Å². The van der Waals surface area contributed by atoms with Crippen molar-refractivity contribution in [3.63, 3.8) is 0 Å². The molecule has 9 nitrogen and oxygen atoms in total. The van der Waals surface area contributed by atoms with Gasteiger partial charge in [0.1, 0.15) is 11.8 Å². The summed E-state index contributed by atoms with van der Waals surface area (Å²) >= 11 is 0. The van der Waals surface area contributed by atoms with Crippen molar-refractivity contribution >= 4 is 28.5 Å². The van der Waals surface area contributed by atoms with Gasteiger partial charge in [-0.2, -0.15) is 5.26 Å². The molecule has 9 heteroatoms. The number of fused-ring (bicyclic) bond motifs is 1. The minimum Gasteiger partial charge on any atom is -0.496 e.